The summed E-state index contributed by atoms with van der Waals surface area (Å²) < 4.78 is 0. The van der Waals surface area contributed by atoms with Gasteiger partial charge in [0.25, 0.3) is 5.91 Å². The van der Waals surface area contributed by atoms with Gasteiger partial charge in [-0.15, -0.1) is 0 Å². The first-order chi connectivity index (χ1) is 9.15. The van der Waals surface area contributed by atoms with E-state index in [-0.39, 0.29) is 24.9 Å². The van der Waals surface area contributed by atoms with Crippen molar-refractivity contribution in [3.05, 3.63) is 0 Å². The predicted molar refractivity (Wildman–Crippen MR) is 73.2 cm³/mol. The summed E-state index contributed by atoms with van der Waals surface area (Å²) in [5.41, 5.74) is -0.888. The van der Waals surface area contributed by atoms with E-state index in [1.54, 1.807) is 13.8 Å². The Hall–Kier alpha value is -1.63. The Kier molecular flexibility index (Phi) is 5.10. The number of carboxylic acid groups (broad SMARTS) is 1. The van der Waals surface area contributed by atoms with Gasteiger partial charge in [0, 0.05) is 13.1 Å². The summed E-state index contributed by atoms with van der Waals surface area (Å²) >= 11 is 0. The third-order valence-electron chi connectivity index (χ3n) is 3.18. The second-order valence-corrected chi connectivity index (χ2v) is 5.99. The zero-order valence-corrected chi connectivity index (χ0v) is 12.4. The van der Waals surface area contributed by atoms with Crippen molar-refractivity contribution >= 4 is 17.9 Å². The molecule has 1 unspecified atom stereocenters. The van der Waals surface area contributed by atoms with E-state index in [4.69, 9.17) is 5.11 Å². The molecule has 7 heteroatoms. The van der Waals surface area contributed by atoms with Crippen LogP contribution >= 0.6 is 0 Å². The lowest BCUT2D eigenvalue weighted by atomic mass is 10.0. The van der Waals surface area contributed by atoms with E-state index in [1.807, 2.05) is 13.8 Å². The van der Waals surface area contributed by atoms with Gasteiger partial charge in [0.15, 0.2) is 0 Å². The van der Waals surface area contributed by atoms with Crippen molar-refractivity contribution in [1.29, 1.82) is 0 Å². The average Bonchev–Trinajstić information content (AvgIpc) is 2.48. The van der Waals surface area contributed by atoms with Gasteiger partial charge in [-0.1, -0.05) is 13.8 Å². The van der Waals surface area contributed by atoms with Crippen LogP contribution in [0.2, 0.25) is 0 Å². The molecule has 0 aromatic carbocycles. The van der Waals surface area contributed by atoms with Crippen LogP contribution in [0.1, 0.15) is 34.1 Å². The maximum Gasteiger partial charge on any atom is 0.325 e. The van der Waals surface area contributed by atoms with Gasteiger partial charge in [-0.3, -0.25) is 14.5 Å². The highest BCUT2D eigenvalue weighted by atomic mass is 16.4. The van der Waals surface area contributed by atoms with E-state index in [0.29, 0.717) is 6.42 Å². The third kappa shape index (κ3) is 3.93. The predicted octanol–water partition coefficient (Wildman–Crippen LogP) is 0.406. The van der Waals surface area contributed by atoms with Crippen LogP contribution in [0.3, 0.4) is 0 Å². The highest BCUT2D eigenvalue weighted by Gasteiger charge is 2.43. The Bertz CT molecular complexity index is 406. The van der Waals surface area contributed by atoms with Gasteiger partial charge in [-0.2, -0.15) is 0 Å². The summed E-state index contributed by atoms with van der Waals surface area (Å²) in [6, 6.07) is -1.10. The van der Waals surface area contributed by atoms with E-state index < -0.39 is 23.6 Å². The molecule has 20 heavy (non-hydrogen) atoms. The molecule has 0 aromatic rings. The first kappa shape index (κ1) is 16.4. The molecule has 1 heterocycles. The first-order valence-electron chi connectivity index (χ1n) is 6.75. The van der Waals surface area contributed by atoms with Crippen molar-refractivity contribution in [2.45, 2.75) is 45.7 Å². The van der Waals surface area contributed by atoms with Crippen LogP contribution in [0.5, 0.6) is 0 Å². The Labute approximate surface area is 118 Å². The molecule has 1 fully saturated rings. The summed E-state index contributed by atoms with van der Waals surface area (Å²) in [5, 5.41) is 14.5. The van der Waals surface area contributed by atoms with Crippen LogP contribution in [-0.4, -0.2) is 52.6 Å². The number of nitrogens with zero attached hydrogens (tertiary/aromatic N) is 1. The minimum Gasteiger partial charge on any atom is -0.480 e. The fraction of sp³-hybridized carbons (Fsp3) is 0.769. The van der Waals surface area contributed by atoms with Gasteiger partial charge in [-0.25, -0.2) is 4.79 Å². The molecule has 3 amide bonds. The number of hydrogen-bond acceptors (Lipinski definition) is 4. The van der Waals surface area contributed by atoms with Crippen molar-refractivity contribution in [2.75, 3.05) is 13.1 Å². The van der Waals surface area contributed by atoms with Gasteiger partial charge in [0.05, 0.1) is 0 Å². The number of amides is 3. The Balaban J connectivity index is 2.49. The largest absolute Gasteiger partial charge is 0.480 e. The van der Waals surface area contributed by atoms with Gasteiger partial charge in [-0.05, 0) is 26.2 Å². The quantitative estimate of drug-likeness (QED) is 0.588. The molecule has 0 bridgehead atoms. The summed E-state index contributed by atoms with van der Waals surface area (Å²) in [6.45, 7) is 7.59. The molecule has 114 valence electrons. The van der Waals surface area contributed by atoms with Crippen LogP contribution < -0.4 is 10.6 Å². The highest BCUT2D eigenvalue weighted by molar-refractivity contribution is 6.06. The molecule has 0 aromatic heterocycles. The first-order valence-corrected chi connectivity index (χ1v) is 6.75. The molecule has 0 aliphatic carbocycles. The Morgan fingerprint density at radius 1 is 1.40 bits per heavy atom. The molecule has 1 saturated heterocycles. The fourth-order valence-corrected chi connectivity index (χ4v) is 2.11. The topological polar surface area (TPSA) is 98.7 Å². The van der Waals surface area contributed by atoms with Crippen LogP contribution in [0.25, 0.3) is 0 Å². The number of carboxylic acids is 1. The second kappa shape index (κ2) is 6.21. The van der Waals surface area contributed by atoms with Crippen molar-refractivity contribution in [3.8, 4) is 0 Å². The fourth-order valence-electron chi connectivity index (χ4n) is 2.11. The number of aliphatic carboxylic acids is 1. The van der Waals surface area contributed by atoms with Gasteiger partial charge in [0.2, 0.25) is 0 Å². The minimum atomic E-state index is -0.920. The molecule has 0 saturated carbocycles. The maximum atomic E-state index is 11.9. The Morgan fingerprint density at radius 3 is 2.40 bits per heavy atom. The van der Waals surface area contributed by atoms with Gasteiger partial charge >= 0.3 is 12.0 Å². The van der Waals surface area contributed by atoms with E-state index >= 15 is 0 Å². The normalized spacial score (nSPS) is 19.4. The Morgan fingerprint density at radius 2 is 2.00 bits per heavy atom. The van der Waals surface area contributed by atoms with Gasteiger partial charge in [0.1, 0.15) is 11.6 Å². The standard InChI is InChI=1S/C13H23N3O4/c1-8(2)7-9(10(17)18)14-5-6-16-11(19)13(3,4)15-12(16)20/h8-9,14H,5-7H2,1-4H3,(H,15,20)(H,17,18). The number of carbonyl (C=O) groups excluding carboxylic acids is 2. The molecule has 1 rings (SSSR count). The molecular weight excluding hydrogens is 262 g/mol. The summed E-state index contributed by atoms with van der Waals surface area (Å²) in [4.78, 5) is 35.7. The molecule has 0 spiro atoms. The molecule has 1 aliphatic rings. The second-order valence-electron chi connectivity index (χ2n) is 5.99. The van der Waals surface area contributed by atoms with E-state index in [0.717, 1.165) is 4.90 Å². The number of carbonyl (C=O) groups is 3. The van der Waals surface area contributed by atoms with Crippen LogP contribution in [0.4, 0.5) is 4.79 Å². The third-order valence-corrected chi connectivity index (χ3v) is 3.18. The van der Waals surface area contributed by atoms with Crippen LogP contribution in [0.15, 0.2) is 0 Å². The summed E-state index contributed by atoms with van der Waals surface area (Å²) in [7, 11) is 0. The maximum absolute atomic E-state index is 11.9. The molecular formula is C13H23N3O4. The van der Waals surface area contributed by atoms with Crippen molar-refractivity contribution in [2.24, 2.45) is 5.92 Å². The average molecular weight is 285 g/mol. The minimum absolute atomic E-state index is 0.163. The highest BCUT2D eigenvalue weighted by Crippen LogP contribution is 2.15. The van der Waals surface area contributed by atoms with Crippen LogP contribution in [-0.2, 0) is 9.59 Å². The van der Waals surface area contributed by atoms with Crippen molar-refractivity contribution < 1.29 is 19.5 Å². The molecule has 0 radical (unpaired) electrons. The lowest BCUT2D eigenvalue weighted by Crippen LogP contribution is -2.44. The molecule has 1 aliphatic heterocycles. The van der Waals surface area contributed by atoms with Gasteiger partial charge < -0.3 is 15.7 Å². The van der Waals surface area contributed by atoms with Crippen molar-refractivity contribution in [3.63, 3.8) is 0 Å². The number of urea groups is 1. The van der Waals surface area contributed by atoms with Crippen LogP contribution in [0, 0.1) is 5.92 Å². The number of rotatable bonds is 7. The molecule has 1 atom stereocenters. The smallest absolute Gasteiger partial charge is 0.325 e. The molecule has 7 nitrogen and oxygen atoms in total. The zero-order valence-electron chi connectivity index (χ0n) is 12.4. The van der Waals surface area contributed by atoms with Crippen molar-refractivity contribution in [1.82, 2.24) is 15.5 Å². The van der Waals surface area contributed by atoms with E-state index in [1.165, 1.54) is 0 Å². The number of nitrogens with one attached hydrogen (secondary N) is 2. The molecule has 3 N–H and O–H groups in total. The monoisotopic (exact) mass is 285 g/mol. The van der Waals surface area contributed by atoms with E-state index in [9.17, 15) is 14.4 Å². The summed E-state index contributed by atoms with van der Waals surface area (Å²) in [6.07, 6.45) is 0.501. The zero-order chi connectivity index (χ0) is 15.5. The number of imide groups is 1. The lowest BCUT2D eigenvalue weighted by molar-refractivity contribution is -0.139. The SMILES string of the molecule is CC(C)CC(NCCN1C(=O)NC(C)(C)C1=O)C(=O)O. The number of hydrogen-bond donors (Lipinski definition) is 3. The lowest BCUT2D eigenvalue weighted by Gasteiger charge is -2.19. The summed E-state index contributed by atoms with van der Waals surface area (Å²) in [5.74, 6) is -0.962. The van der Waals surface area contributed by atoms with E-state index in [2.05, 4.69) is 10.6 Å².